The van der Waals surface area contributed by atoms with Gasteiger partial charge in [0.15, 0.2) is 0 Å². The predicted molar refractivity (Wildman–Crippen MR) is 68.1 cm³/mol. The zero-order chi connectivity index (χ0) is 12.2. The summed E-state index contributed by atoms with van der Waals surface area (Å²) in [5, 5.41) is 3.07. The fourth-order valence-electron chi connectivity index (χ4n) is 1.40. The SMILES string of the molecule is CNC(CCS(C)(=O)=O)c1ncccc1Br. The Balaban J connectivity index is 2.79. The summed E-state index contributed by atoms with van der Waals surface area (Å²) in [6, 6.07) is 3.68. The second-order valence-corrected chi connectivity index (χ2v) is 6.74. The molecule has 0 bridgehead atoms. The first-order valence-corrected chi connectivity index (χ1v) is 7.75. The summed E-state index contributed by atoms with van der Waals surface area (Å²) in [6.07, 6.45) is 3.46. The van der Waals surface area contributed by atoms with E-state index in [1.165, 1.54) is 6.26 Å². The molecule has 0 amide bonds. The quantitative estimate of drug-likeness (QED) is 0.896. The van der Waals surface area contributed by atoms with Crippen LogP contribution < -0.4 is 5.32 Å². The maximum absolute atomic E-state index is 11.1. The van der Waals surface area contributed by atoms with Crippen molar-refractivity contribution in [3.63, 3.8) is 0 Å². The second kappa shape index (κ2) is 5.75. The van der Waals surface area contributed by atoms with Crippen molar-refractivity contribution >= 4 is 25.8 Å². The van der Waals surface area contributed by atoms with Crippen molar-refractivity contribution < 1.29 is 8.42 Å². The number of sulfone groups is 1. The van der Waals surface area contributed by atoms with Crippen molar-refractivity contribution in [2.45, 2.75) is 12.5 Å². The zero-order valence-electron chi connectivity index (χ0n) is 9.27. The number of aromatic nitrogens is 1. The van der Waals surface area contributed by atoms with Crippen molar-refractivity contribution in [2.75, 3.05) is 19.1 Å². The molecule has 1 aromatic heterocycles. The van der Waals surface area contributed by atoms with Gasteiger partial charge in [0.05, 0.1) is 17.5 Å². The van der Waals surface area contributed by atoms with Gasteiger partial charge in [-0.15, -0.1) is 0 Å². The van der Waals surface area contributed by atoms with E-state index in [1.54, 1.807) is 13.2 Å². The lowest BCUT2D eigenvalue weighted by atomic mass is 10.1. The van der Waals surface area contributed by atoms with Crippen LogP contribution in [0.25, 0.3) is 0 Å². The molecule has 4 nitrogen and oxygen atoms in total. The third-order valence-electron chi connectivity index (χ3n) is 2.24. The minimum absolute atomic E-state index is 0.0506. The molecule has 0 aliphatic carbocycles. The smallest absolute Gasteiger partial charge is 0.147 e. The number of pyridine rings is 1. The van der Waals surface area contributed by atoms with E-state index in [4.69, 9.17) is 0 Å². The van der Waals surface area contributed by atoms with Gasteiger partial charge in [-0.05, 0) is 41.5 Å². The van der Waals surface area contributed by atoms with E-state index in [-0.39, 0.29) is 11.8 Å². The van der Waals surface area contributed by atoms with Crippen molar-refractivity contribution in [2.24, 2.45) is 0 Å². The number of hydrogen-bond donors (Lipinski definition) is 1. The van der Waals surface area contributed by atoms with Crippen molar-refractivity contribution in [3.05, 3.63) is 28.5 Å². The average Bonchev–Trinajstić information content (AvgIpc) is 2.20. The van der Waals surface area contributed by atoms with Crippen LogP contribution in [0.5, 0.6) is 0 Å². The van der Waals surface area contributed by atoms with Gasteiger partial charge in [-0.3, -0.25) is 4.98 Å². The number of hydrogen-bond acceptors (Lipinski definition) is 4. The van der Waals surface area contributed by atoms with Gasteiger partial charge in [-0.25, -0.2) is 8.42 Å². The Morgan fingerprint density at radius 3 is 2.75 bits per heavy atom. The molecule has 0 saturated carbocycles. The average molecular weight is 307 g/mol. The van der Waals surface area contributed by atoms with Gasteiger partial charge in [0.2, 0.25) is 0 Å². The third kappa shape index (κ3) is 4.19. The van der Waals surface area contributed by atoms with E-state index in [0.29, 0.717) is 6.42 Å². The van der Waals surface area contributed by atoms with Crippen LogP contribution in [0.1, 0.15) is 18.2 Å². The van der Waals surface area contributed by atoms with Gasteiger partial charge in [0.1, 0.15) is 9.84 Å². The third-order valence-corrected chi connectivity index (χ3v) is 3.89. The topological polar surface area (TPSA) is 59.1 Å². The molecule has 0 saturated heterocycles. The molecule has 1 aromatic rings. The van der Waals surface area contributed by atoms with Crippen LogP contribution in [0.4, 0.5) is 0 Å². The van der Waals surface area contributed by atoms with Crippen LogP contribution in [0, 0.1) is 0 Å². The Hall–Kier alpha value is -0.460. The zero-order valence-corrected chi connectivity index (χ0v) is 11.7. The first-order chi connectivity index (χ1) is 7.44. The van der Waals surface area contributed by atoms with Gasteiger partial charge in [-0.1, -0.05) is 0 Å². The monoisotopic (exact) mass is 306 g/mol. The molecule has 6 heteroatoms. The molecule has 1 unspecified atom stereocenters. The molecule has 1 rings (SSSR count). The van der Waals surface area contributed by atoms with Gasteiger partial charge < -0.3 is 5.32 Å². The van der Waals surface area contributed by atoms with E-state index in [0.717, 1.165) is 10.2 Å². The molecule has 0 aliphatic heterocycles. The van der Waals surface area contributed by atoms with E-state index in [2.05, 4.69) is 26.2 Å². The lowest BCUT2D eigenvalue weighted by Gasteiger charge is -2.16. The summed E-state index contributed by atoms with van der Waals surface area (Å²) in [7, 11) is -1.13. The maximum Gasteiger partial charge on any atom is 0.147 e. The number of nitrogens with zero attached hydrogens (tertiary/aromatic N) is 1. The Morgan fingerprint density at radius 2 is 2.25 bits per heavy atom. The van der Waals surface area contributed by atoms with Crippen LogP contribution in [-0.4, -0.2) is 32.5 Å². The summed E-state index contributed by atoms with van der Waals surface area (Å²) in [6.45, 7) is 0. The number of halogens is 1. The minimum Gasteiger partial charge on any atom is -0.312 e. The Kier molecular flexibility index (Phi) is 4.89. The summed E-state index contributed by atoms with van der Waals surface area (Å²) in [5.41, 5.74) is 0.841. The van der Waals surface area contributed by atoms with Gasteiger partial charge in [0, 0.05) is 16.9 Å². The Morgan fingerprint density at radius 1 is 1.56 bits per heavy atom. The number of nitrogens with one attached hydrogen (secondary N) is 1. The number of rotatable bonds is 5. The van der Waals surface area contributed by atoms with Crippen LogP contribution in [-0.2, 0) is 9.84 Å². The minimum atomic E-state index is -2.93. The van der Waals surface area contributed by atoms with E-state index in [1.807, 2.05) is 12.1 Å². The molecule has 0 fully saturated rings. The first kappa shape index (κ1) is 13.6. The summed E-state index contributed by atoms with van der Waals surface area (Å²) in [4.78, 5) is 4.25. The highest BCUT2D eigenvalue weighted by Crippen LogP contribution is 2.23. The van der Waals surface area contributed by atoms with Crippen LogP contribution >= 0.6 is 15.9 Å². The Labute approximate surface area is 105 Å². The van der Waals surface area contributed by atoms with Crippen LogP contribution in [0.3, 0.4) is 0 Å². The standard InChI is InChI=1S/C10H15BrN2O2S/c1-12-9(5-7-16(2,14)15)10-8(11)4-3-6-13-10/h3-4,6,9,12H,5,7H2,1-2H3. The second-order valence-electron chi connectivity index (χ2n) is 3.63. The van der Waals surface area contributed by atoms with E-state index in [9.17, 15) is 8.42 Å². The molecular formula is C10H15BrN2O2S. The molecule has 0 aromatic carbocycles. The maximum atomic E-state index is 11.1. The summed E-state index contributed by atoms with van der Waals surface area (Å²) in [5.74, 6) is 0.154. The van der Waals surface area contributed by atoms with Crippen molar-refractivity contribution in [1.82, 2.24) is 10.3 Å². The normalized spacial score (nSPS) is 13.7. The highest BCUT2D eigenvalue weighted by atomic mass is 79.9. The largest absolute Gasteiger partial charge is 0.312 e. The summed E-state index contributed by atoms with van der Waals surface area (Å²) < 4.78 is 23.1. The molecule has 0 aliphatic rings. The fraction of sp³-hybridized carbons (Fsp3) is 0.500. The lowest BCUT2D eigenvalue weighted by molar-refractivity contribution is 0.547. The van der Waals surface area contributed by atoms with Gasteiger partial charge in [-0.2, -0.15) is 0 Å². The predicted octanol–water partition coefficient (Wildman–Crippen LogP) is 1.54. The van der Waals surface area contributed by atoms with Crippen LogP contribution in [0.15, 0.2) is 22.8 Å². The van der Waals surface area contributed by atoms with Gasteiger partial charge >= 0.3 is 0 Å². The van der Waals surface area contributed by atoms with E-state index < -0.39 is 9.84 Å². The molecule has 1 heterocycles. The first-order valence-electron chi connectivity index (χ1n) is 4.89. The molecule has 1 atom stereocenters. The fourth-order valence-corrected chi connectivity index (χ4v) is 2.60. The summed E-state index contributed by atoms with van der Waals surface area (Å²) >= 11 is 3.41. The molecule has 0 radical (unpaired) electrons. The van der Waals surface area contributed by atoms with Crippen molar-refractivity contribution in [3.8, 4) is 0 Å². The molecular weight excluding hydrogens is 292 g/mol. The lowest BCUT2D eigenvalue weighted by Crippen LogP contribution is -2.21. The Bertz CT molecular complexity index is 448. The molecule has 1 N–H and O–H groups in total. The van der Waals surface area contributed by atoms with Crippen LogP contribution in [0.2, 0.25) is 0 Å². The highest BCUT2D eigenvalue weighted by Gasteiger charge is 2.15. The van der Waals surface area contributed by atoms with E-state index >= 15 is 0 Å². The molecule has 0 spiro atoms. The molecule has 16 heavy (non-hydrogen) atoms. The van der Waals surface area contributed by atoms with Crippen molar-refractivity contribution in [1.29, 1.82) is 0 Å². The highest BCUT2D eigenvalue weighted by molar-refractivity contribution is 9.10. The van der Waals surface area contributed by atoms with Gasteiger partial charge in [0.25, 0.3) is 0 Å². The molecule has 90 valence electrons.